The summed E-state index contributed by atoms with van der Waals surface area (Å²) >= 11 is 0. The number of hydrogen-bond donors (Lipinski definition) is 2. The average molecular weight is 646 g/mol. The molecule has 3 aromatic rings. The standard InChI is InChI=1S/C33H45F2N5O4S/c1-23-26-9-6-10-27(18-26)33(34,35)20-24(21-36)8-4-2-3-5-14-44-15-7-13-40-31-29(30(39-23)37-22-38-31)19-28(32(40)41)25-11-16-45(42,43)17-12-25/h6,9-10,18-19,22-25H,2-5,7-8,11-17,20-21,36H2,1H3,(H,37,38,39)/t23-,24?/m1/s1. The van der Waals surface area contributed by atoms with Crippen molar-refractivity contribution in [3.63, 3.8) is 0 Å². The second-order valence-corrected chi connectivity index (χ2v) is 14.9. The molecule has 4 heterocycles. The van der Waals surface area contributed by atoms with Crippen molar-refractivity contribution in [2.75, 3.05) is 36.6 Å². The van der Waals surface area contributed by atoms with Gasteiger partial charge in [0, 0.05) is 43.3 Å². The zero-order valence-corrected chi connectivity index (χ0v) is 26.8. The van der Waals surface area contributed by atoms with Crippen LogP contribution in [0.15, 0.2) is 41.5 Å². The maximum Gasteiger partial charge on any atom is 0.273 e. The molecule has 3 N–H and O–H groups in total. The number of ether oxygens (including phenoxy) is 1. The number of fused-ring (bicyclic) bond motifs is 2. The second kappa shape index (κ2) is 14.6. The van der Waals surface area contributed by atoms with Crippen LogP contribution in [-0.2, 0) is 27.0 Å². The molecule has 2 aromatic heterocycles. The predicted octanol–water partition coefficient (Wildman–Crippen LogP) is 5.68. The first-order valence-electron chi connectivity index (χ1n) is 16.2. The number of pyridine rings is 1. The highest BCUT2D eigenvalue weighted by Crippen LogP contribution is 2.38. The van der Waals surface area contributed by atoms with Gasteiger partial charge >= 0.3 is 0 Å². The highest BCUT2D eigenvalue weighted by molar-refractivity contribution is 7.91. The van der Waals surface area contributed by atoms with Crippen molar-refractivity contribution in [1.29, 1.82) is 0 Å². The number of anilines is 1. The van der Waals surface area contributed by atoms with Gasteiger partial charge < -0.3 is 15.8 Å². The van der Waals surface area contributed by atoms with Gasteiger partial charge in [-0.1, -0.05) is 37.5 Å². The van der Waals surface area contributed by atoms with Gasteiger partial charge in [-0.05, 0) is 75.1 Å². The maximum atomic E-state index is 15.6. The number of benzene rings is 1. The van der Waals surface area contributed by atoms with Gasteiger partial charge in [-0.3, -0.25) is 9.36 Å². The van der Waals surface area contributed by atoms with E-state index in [0.29, 0.717) is 73.4 Å². The molecule has 2 aliphatic heterocycles. The van der Waals surface area contributed by atoms with Crippen LogP contribution in [0.3, 0.4) is 0 Å². The number of alkyl halides is 2. The van der Waals surface area contributed by atoms with Crippen molar-refractivity contribution < 1.29 is 21.9 Å². The lowest BCUT2D eigenvalue weighted by atomic mass is 9.90. The molecule has 5 rings (SSSR count). The number of nitrogens with zero attached hydrogens (tertiary/aromatic N) is 3. The fraction of sp³-hybridized carbons (Fsp3) is 0.606. The molecule has 2 atom stereocenters. The topological polar surface area (TPSA) is 129 Å². The van der Waals surface area contributed by atoms with Crippen molar-refractivity contribution in [3.05, 3.63) is 63.7 Å². The summed E-state index contributed by atoms with van der Waals surface area (Å²) in [7, 11) is -3.11. The highest BCUT2D eigenvalue weighted by atomic mass is 32.2. The number of halogens is 2. The highest BCUT2D eigenvalue weighted by Gasteiger charge is 2.35. The smallest absolute Gasteiger partial charge is 0.273 e. The Hall–Kier alpha value is -2.96. The third-order valence-corrected chi connectivity index (χ3v) is 11.0. The lowest BCUT2D eigenvalue weighted by molar-refractivity contribution is -0.0294. The molecule has 246 valence electrons. The molecule has 9 nitrogen and oxygen atoms in total. The van der Waals surface area contributed by atoms with Gasteiger partial charge in [-0.15, -0.1) is 0 Å². The van der Waals surface area contributed by atoms with Crippen molar-refractivity contribution in [2.24, 2.45) is 11.7 Å². The number of rotatable bonds is 2. The van der Waals surface area contributed by atoms with Gasteiger partial charge in [0.05, 0.1) is 16.9 Å². The molecule has 1 aromatic carbocycles. The second-order valence-electron chi connectivity index (χ2n) is 12.6. The lowest BCUT2D eigenvalue weighted by Crippen LogP contribution is -2.31. The van der Waals surface area contributed by atoms with Crippen LogP contribution in [0.1, 0.15) is 93.4 Å². The Kier molecular flexibility index (Phi) is 10.9. The number of nitrogens with one attached hydrogen (secondary N) is 1. The number of aryl methyl sites for hydroxylation is 1. The summed E-state index contributed by atoms with van der Waals surface area (Å²) in [5.41, 5.74) is 7.40. The van der Waals surface area contributed by atoms with Gasteiger partial charge in [0.1, 0.15) is 27.6 Å². The molecule has 0 aliphatic carbocycles. The summed E-state index contributed by atoms with van der Waals surface area (Å²) in [5, 5.41) is 4.01. The molecule has 1 fully saturated rings. The first-order valence-corrected chi connectivity index (χ1v) is 18.0. The van der Waals surface area contributed by atoms with Crippen LogP contribution in [0.2, 0.25) is 0 Å². The fourth-order valence-corrected chi connectivity index (χ4v) is 8.04. The Labute approximate surface area is 263 Å². The molecular formula is C33H45F2N5O4S. The van der Waals surface area contributed by atoms with E-state index >= 15 is 8.78 Å². The van der Waals surface area contributed by atoms with E-state index in [2.05, 4.69) is 15.3 Å². The zero-order valence-electron chi connectivity index (χ0n) is 26.0. The number of aromatic nitrogens is 3. The predicted molar refractivity (Wildman–Crippen MR) is 172 cm³/mol. The van der Waals surface area contributed by atoms with Crippen LogP contribution in [0.5, 0.6) is 0 Å². The average Bonchev–Trinajstić information content (AvgIpc) is 3.02. The number of hydrogen-bond acceptors (Lipinski definition) is 8. The van der Waals surface area contributed by atoms with E-state index in [9.17, 15) is 13.2 Å². The van der Waals surface area contributed by atoms with Crippen LogP contribution in [-0.4, -0.2) is 54.2 Å². The first kappa shape index (κ1) is 33.4. The molecule has 0 radical (unpaired) electrons. The normalized spacial score (nSPS) is 23.9. The van der Waals surface area contributed by atoms with Crippen molar-refractivity contribution >= 4 is 26.7 Å². The quantitative estimate of drug-likeness (QED) is 0.364. The summed E-state index contributed by atoms with van der Waals surface area (Å²) in [6.45, 7) is 3.56. The van der Waals surface area contributed by atoms with Crippen molar-refractivity contribution in [3.8, 4) is 0 Å². The van der Waals surface area contributed by atoms with E-state index in [1.54, 1.807) is 22.8 Å². The maximum absolute atomic E-state index is 15.6. The van der Waals surface area contributed by atoms with Crippen LogP contribution in [0.4, 0.5) is 14.6 Å². The fourth-order valence-electron chi connectivity index (χ4n) is 6.54. The van der Waals surface area contributed by atoms with Gasteiger partial charge in [-0.2, -0.15) is 0 Å². The summed E-state index contributed by atoms with van der Waals surface area (Å²) in [5.74, 6) is -2.92. The van der Waals surface area contributed by atoms with Gasteiger partial charge in [-0.25, -0.2) is 27.2 Å². The van der Waals surface area contributed by atoms with Gasteiger partial charge in [0.25, 0.3) is 11.5 Å². The van der Waals surface area contributed by atoms with Crippen molar-refractivity contribution in [1.82, 2.24) is 14.5 Å². The Morgan fingerprint density at radius 2 is 1.80 bits per heavy atom. The lowest BCUT2D eigenvalue weighted by Gasteiger charge is -2.25. The monoisotopic (exact) mass is 645 g/mol. The van der Waals surface area contributed by atoms with Gasteiger partial charge in [0.2, 0.25) is 0 Å². The summed E-state index contributed by atoms with van der Waals surface area (Å²) in [6, 6.07) is 7.88. The molecule has 0 amide bonds. The molecule has 1 saturated heterocycles. The third kappa shape index (κ3) is 8.26. The van der Waals surface area contributed by atoms with Crippen LogP contribution < -0.4 is 16.6 Å². The molecule has 1 unspecified atom stereocenters. The van der Waals surface area contributed by atoms with Gasteiger partial charge in [0.15, 0.2) is 0 Å². The molecule has 0 spiro atoms. The Morgan fingerprint density at radius 1 is 1.04 bits per heavy atom. The van der Waals surface area contributed by atoms with E-state index in [1.807, 2.05) is 13.0 Å². The first-order chi connectivity index (χ1) is 21.6. The van der Waals surface area contributed by atoms with E-state index < -0.39 is 15.8 Å². The molecular weight excluding hydrogens is 600 g/mol. The molecule has 12 heteroatoms. The zero-order chi connectivity index (χ0) is 32.0. The van der Waals surface area contributed by atoms with E-state index in [1.165, 1.54) is 12.4 Å². The molecule has 0 saturated carbocycles. The molecule has 6 bridgehead atoms. The van der Waals surface area contributed by atoms with E-state index in [-0.39, 0.29) is 53.5 Å². The summed E-state index contributed by atoms with van der Waals surface area (Å²) in [6.07, 6.45) is 6.74. The van der Waals surface area contributed by atoms with Crippen LogP contribution in [0.25, 0.3) is 11.0 Å². The minimum atomic E-state index is -3.11. The van der Waals surface area contributed by atoms with Crippen LogP contribution >= 0.6 is 0 Å². The number of nitrogens with two attached hydrogens (primary N) is 1. The Balaban J connectivity index is 1.52. The Bertz CT molecular complexity index is 1620. The summed E-state index contributed by atoms with van der Waals surface area (Å²) in [4.78, 5) is 22.8. The van der Waals surface area contributed by atoms with E-state index in [0.717, 1.165) is 25.7 Å². The minimum absolute atomic E-state index is 0.0395. The SMILES string of the molecule is C[C@H]1Nc2ncnc3c2cc(C2CCS(=O)(=O)CC2)c(=O)n3CCCOCCCCCCC(CN)CC(F)(F)c2cccc1c2. The summed E-state index contributed by atoms with van der Waals surface area (Å²) < 4.78 is 62.9. The third-order valence-electron chi connectivity index (χ3n) is 9.27. The Morgan fingerprint density at radius 3 is 2.58 bits per heavy atom. The number of sulfone groups is 1. The van der Waals surface area contributed by atoms with Crippen LogP contribution in [0, 0.1) is 5.92 Å². The minimum Gasteiger partial charge on any atom is -0.381 e. The molecule has 45 heavy (non-hydrogen) atoms. The van der Waals surface area contributed by atoms with E-state index in [4.69, 9.17) is 10.5 Å². The molecule has 2 aliphatic rings. The van der Waals surface area contributed by atoms with Crippen molar-refractivity contribution in [2.45, 2.75) is 89.1 Å². The largest absolute Gasteiger partial charge is 0.381 e.